The van der Waals surface area contributed by atoms with Gasteiger partial charge in [-0.1, -0.05) is 24.3 Å². The molecule has 0 spiro atoms. The van der Waals surface area contributed by atoms with E-state index < -0.39 is 0 Å². The fourth-order valence-electron chi connectivity index (χ4n) is 1.64. The van der Waals surface area contributed by atoms with Gasteiger partial charge in [-0.2, -0.15) is 0 Å². The zero-order valence-electron chi connectivity index (χ0n) is 8.12. The van der Waals surface area contributed by atoms with Gasteiger partial charge in [0.25, 0.3) is 0 Å². The van der Waals surface area contributed by atoms with Gasteiger partial charge in [-0.05, 0) is 19.1 Å². The van der Waals surface area contributed by atoms with E-state index in [-0.39, 0.29) is 0 Å². The molecule has 2 heteroatoms. The lowest BCUT2D eigenvalue weighted by molar-refractivity contribution is 0.481. The van der Waals surface area contributed by atoms with Crippen LogP contribution < -0.4 is 5.32 Å². The predicted octanol–water partition coefficient (Wildman–Crippen LogP) is 2.98. The zero-order valence-corrected chi connectivity index (χ0v) is 8.12. The summed E-state index contributed by atoms with van der Waals surface area (Å²) in [6.45, 7) is 2.94. The van der Waals surface area contributed by atoms with Crippen molar-refractivity contribution in [3.63, 3.8) is 0 Å². The number of hydrogen-bond donors (Lipinski definition) is 2. The average Bonchev–Trinajstić information content (AvgIpc) is 2.20. The maximum absolute atomic E-state index is 9.64. The third-order valence-electron chi connectivity index (χ3n) is 2.27. The fourth-order valence-corrected chi connectivity index (χ4v) is 1.64. The Balaban J connectivity index is 2.68. The summed E-state index contributed by atoms with van der Waals surface area (Å²) in [6, 6.07) is 11.5. The molecule has 0 bridgehead atoms. The Morgan fingerprint density at radius 3 is 2.57 bits per heavy atom. The molecule has 2 N–H and O–H groups in total. The van der Waals surface area contributed by atoms with E-state index in [2.05, 4.69) is 12.2 Å². The van der Waals surface area contributed by atoms with E-state index in [1.165, 1.54) is 0 Å². The van der Waals surface area contributed by atoms with Crippen molar-refractivity contribution in [3.05, 3.63) is 36.4 Å². The summed E-state index contributed by atoms with van der Waals surface area (Å²) in [7, 11) is 0. The topological polar surface area (TPSA) is 32.3 Å². The van der Waals surface area contributed by atoms with Crippen molar-refractivity contribution in [2.24, 2.45) is 0 Å². The summed E-state index contributed by atoms with van der Waals surface area (Å²) < 4.78 is 0. The standard InChI is InChI=1S/C12H13NO/c1-2-13-11-7-3-6-10-9(11)5-4-8-12(10)14/h3-8,13-14H,2H2,1H3. The van der Waals surface area contributed by atoms with Crippen molar-refractivity contribution < 1.29 is 5.11 Å². The lowest BCUT2D eigenvalue weighted by Gasteiger charge is -2.08. The van der Waals surface area contributed by atoms with Gasteiger partial charge in [0.1, 0.15) is 5.75 Å². The minimum atomic E-state index is 0.335. The molecular weight excluding hydrogens is 174 g/mol. The lowest BCUT2D eigenvalue weighted by atomic mass is 10.1. The Kier molecular flexibility index (Phi) is 2.27. The minimum absolute atomic E-state index is 0.335. The molecule has 2 rings (SSSR count). The highest BCUT2D eigenvalue weighted by Gasteiger charge is 2.01. The summed E-state index contributed by atoms with van der Waals surface area (Å²) in [6.07, 6.45) is 0. The summed E-state index contributed by atoms with van der Waals surface area (Å²) >= 11 is 0. The maximum atomic E-state index is 9.64. The summed E-state index contributed by atoms with van der Waals surface area (Å²) in [4.78, 5) is 0. The minimum Gasteiger partial charge on any atom is -0.507 e. The maximum Gasteiger partial charge on any atom is 0.123 e. The number of phenolic OH excluding ortho intramolecular Hbond substituents is 1. The third kappa shape index (κ3) is 1.39. The molecule has 0 fully saturated rings. The Hall–Kier alpha value is -1.70. The van der Waals surface area contributed by atoms with Crippen LogP contribution in [0.5, 0.6) is 5.75 Å². The summed E-state index contributed by atoms with van der Waals surface area (Å²) in [5.74, 6) is 0.335. The summed E-state index contributed by atoms with van der Waals surface area (Å²) in [5.41, 5.74) is 1.07. The zero-order chi connectivity index (χ0) is 9.97. The molecule has 72 valence electrons. The second kappa shape index (κ2) is 3.58. The van der Waals surface area contributed by atoms with Crippen LogP contribution >= 0.6 is 0 Å². The monoisotopic (exact) mass is 187 g/mol. The van der Waals surface area contributed by atoms with Crippen molar-refractivity contribution in [2.45, 2.75) is 6.92 Å². The SMILES string of the molecule is CCNc1cccc2c(O)cccc12. The Morgan fingerprint density at radius 1 is 1.07 bits per heavy atom. The number of phenols is 1. The van der Waals surface area contributed by atoms with Crippen LogP contribution in [0.2, 0.25) is 0 Å². The highest BCUT2D eigenvalue weighted by molar-refractivity contribution is 5.97. The van der Waals surface area contributed by atoms with Crippen LogP contribution in [0.4, 0.5) is 5.69 Å². The molecule has 14 heavy (non-hydrogen) atoms. The molecule has 0 aliphatic heterocycles. The van der Waals surface area contributed by atoms with Gasteiger partial charge >= 0.3 is 0 Å². The first-order valence-electron chi connectivity index (χ1n) is 4.77. The number of hydrogen-bond acceptors (Lipinski definition) is 2. The van der Waals surface area contributed by atoms with E-state index in [0.29, 0.717) is 5.75 Å². The highest BCUT2D eigenvalue weighted by Crippen LogP contribution is 2.29. The molecular formula is C12H13NO. The first-order valence-corrected chi connectivity index (χ1v) is 4.77. The van der Waals surface area contributed by atoms with Crippen molar-refractivity contribution in [2.75, 3.05) is 11.9 Å². The van der Waals surface area contributed by atoms with Crippen molar-refractivity contribution in [1.82, 2.24) is 0 Å². The first kappa shape index (κ1) is 8.88. The molecule has 0 saturated heterocycles. The lowest BCUT2D eigenvalue weighted by Crippen LogP contribution is -1.96. The van der Waals surface area contributed by atoms with Gasteiger partial charge in [0, 0.05) is 23.0 Å². The largest absolute Gasteiger partial charge is 0.507 e. The van der Waals surface area contributed by atoms with Crippen molar-refractivity contribution >= 4 is 16.5 Å². The Labute approximate surface area is 83.2 Å². The number of nitrogens with one attached hydrogen (secondary N) is 1. The van der Waals surface area contributed by atoms with E-state index in [0.717, 1.165) is 23.0 Å². The number of fused-ring (bicyclic) bond motifs is 1. The molecule has 0 aromatic heterocycles. The van der Waals surface area contributed by atoms with Crippen LogP contribution in [0.25, 0.3) is 10.8 Å². The van der Waals surface area contributed by atoms with Crippen LogP contribution in [0.3, 0.4) is 0 Å². The fraction of sp³-hybridized carbons (Fsp3) is 0.167. The molecule has 2 aromatic rings. The van der Waals surface area contributed by atoms with Crippen LogP contribution in [0.1, 0.15) is 6.92 Å². The van der Waals surface area contributed by atoms with E-state index in [4.69, 9.17) is 0 Å². The highest BCUT2D eigenvalue weighted by atomic mass is 16.3. The first-order chi connectivity index (χ1) is 6.83. The molecule has 0 radical (unpaired) electrons. The molecule has 0 unspecified atom stereocenters. The van der Waals surface area contributed by atoms with Crippen LogP contribution in [0.15, 0.2) is 36.4 Å². The van der Waals surface area contributed by atoms with Crippen LogP contribution in [-0.2, 0) is 0 Å². The number of benzene rings is 2. The van der Waals surface area contributed by atoms with Crippen LogP contribution in [0, 0.1) is 0 Å². The molecule has 0 saturated carbocycles. The second-order valence-corrected chi connectivity index (χ2v) is 3.21. The molecule has 0 atom stereocenters. The van der Waals surface area contributed by atoms with Gasteiger partial charge in [-0.3, -0.25) is 0 Å². The third-order valence-corrected chi connectivity index (χ3v) is 2.27. The quantitative estimate of drug-likeness (QED) is 0.757. The Morgan fingerprint density at radius 2 is 1.79 bits per heavy atom. The van der Waals surface area contributed by atoms with E-state index in [1.54, 1.807) is 6.07 Å². The van der Waals surface area contributed by atoms with Crippen molar-refractivity contribution in [1.29, 1.82) is 0 Å². The van der Waals surface area contributed by atoms with Gasteiger partial charge in [0.2, 0.25) is 0 Å². The molecule has 0 aliphatic rings. The van der Waals surface area contributed by atoms with Gasteiger partial charge in [-0.15, -0.1) is 0 Å². The van der Waals surface area contributed by atoms with E-state index in [1.807, 2.05) is 30.3 Å². The van der Waals surface area contributed by atoms with Gasteiger partial charge in [0.05, 0.1) is 0 Å². The number of aromatic hydroxyl groups is 1. The van der Waals surface area contributed by atoms with E-state index in [9.17, 15) is 5.11 Å². The smallest absolute Gasteiger partial charge is 0.123 e. The molecule has 0 aliphatic carbocycles. The van der Waals surface area contributed by atoms with Gasteiger partial charge < -0.3 is 10.4 Å². The molecule has 2 aromatic carbocycles. The Bertz CT molecular complexity index is 451. The number of rotatable bonds is 2. The normalized spacial score (nSPS) is 10.4. The second-order valence-electron chi connectivity index (χ2n) is 3.21. The molecule has 0 heterocycles. The molecule has 0 amide bonds. The van der Waals surface area contributed by atoms with Crippen molar-refractivity contribution in [3.8, 4) is 5.75 Å². The van der Waals surface area contributed by atoms with E-state index >= 15 is 0 Å². The predicted molar refractivity (Wildman–Crippen MR) is 59.8 cm³/mol. The number of anilines is 1. The van der Waals surface area contributed by atoms with Crippen LogP contribution in [-0.4, -0.2) is 11.7 Å². The van der Waals surface area contributed by atoms with Gasteiger partial charge in [-0.25, -0.2) is 0 Å². The van der Waals surface area contributed by atoms with Gasteiger partial charge in [0.15, 0.2) is 0 Å². The summed E-state index contributed by atoms with van der Waals surface area (Å²) in [5, 5.41) is 14.9. The average molecular weight is 187 g/mol. The molecule has 2 nitrogen and oxygen atoms in total.